The second-order valence-corrected chi connectivity index (χ2v) is 4.68. The molecule has 0 heterocycles. The molecule has 0 aliphatic heterocycles. The van der Waals surface area contributed by atoms with Crippen LogP contribution in [0.4, 0.5) is 5.69 Å². The highest BCUT2D eigenvalue weighted by Gasteiger charge is 2.42. The highest BCUT2D eigenvalue weighted by molar-refractivity contribution is 5.54. The van der Waals surface area contributed by atoms with Gasteiger partial charge in [-0.05, 0) is 44.0 Å². The first kappa shape index (κ1) is 13.2. The number of aryl methyl sites for hydroxylation is 1. The van der Waals surface area contributed by atoms with Crippen LogP contribution in [0.1, 0.15) is 18.9 Å². The van der Waals surface area contributed by atoms with Gasteiger partial charge in [0.05, 0.1) is 12.1 Å². The van der Waals surface area contributed by atoms with Crippen LogP contribution in [0.5, 0.6) is 5.75 Å². The lowest BCUT2D eigenvalue weighted by Crippen LogP contribution is -2.56. The fourth-order valence-electron chi connectivity index (χ4n) is 2.43. The van der Waals surface area contributed by atoms with Crippen molar-refractivity contribution >= 4 is 5.69 Å². The number of rotatable bonds is 5. The van der Waals surface area contributed by atoms with Gasteiger partial charge in [0.15, 0.2) is 0 Å². The molecule has 3 atom stereocenters. The molecular weight excluding hydrogens is 230 g/mol. The molecule has 1 aromatic carbocycles. The summed E-state index contributed by atoms with van der Waals surface area (Å²) in [6.45, 7) is 4.69. The largest absolute Gasteiger partial charge is 0.508 e. The second-order valence-electron chi connectivity index (χ2n) is 4.68. The fraction of sp³-hybridized carbons (Fsp3) is 0.571. The van der Waals surface area contributed by atoms with E-state index in [1.165, 1.54) is 0 Å². The quantitative estimate of drug-likeness (QED) is 0.788. The van der Waals surface area contributed by atoms with Crippen molar-refractivity contribution in [1.29, 1.82) is 0 Å². The lowest BCUT2D eigenvalue weighted by Gasteiger charge is -2.44. The van der Waals surface area contributed by atoms with Crippen LogP contribution in [0.15, 0.2) is 18.2 Å². The topological polar surface area (TPSA) is 50.7 Å². The molecule has 18 heavy (non-hydrogen) atoms. The van der Waals surface area contributed by atoms with Crippen molar-refractivity contribution in [3.05, 3.63) is 23.8 Å². The first-order chi connectivity index (χ1) is 8.65. The lowest BCUT2D eigenvalue weighted by atomic mass is 9.85. The second kappa shape index (κ2) is 5.59. The Morgan fingerprint density at radius 1 is 1.44 bits per heavy atom. The summed E-state index contributed by atoms with van der Waals surface area (Å²) in [7, 11) is 1.72. The summed E-state index contributed by atoms with van der Waals surface area (Å²) < 4.78 is 11.1. The van der Waals surface area contributed by atoms with Crippen LogP contribution in [0.25, 0.3) is 0 Å². The van der Waals surface area contributed by atoms with Crippen LogP contribution >= 0.6 is 0 Å². The molecule has 0 spiro atoms. The summed E-state index contributed by atoms with van der Waals surface area (Å²) in [6, 6.07) is 5.61. The SMILES string of the molecule is CCOC1CC(Nc2ccc(O)cc2C)C1OC. The molecule has 1 fully saturated rings. The smallest absolute Gasteiger partial charge is 0.115 e. The maximum atomic E-state index is 9.38. The van der Waals surface area contributed by atoms with Crippen molar-refractivity contribution in [1.82, 2.24) is 0 Å². The maximum absolute atomic E-state index is 9.38. The van der Waals surface area contributed by atoms with Crippen LogP contribution in [0.2, 0.25) is 0 Å². The number of aromatic hydroxyl groups is 1. The average molecular weight is 251 g/mol. The Bertz CT molecular complexity index is 408. The van der Waals surface area contributed by atoms with Gasteiger partial charge in [-0.1, -0.05) is 0 Å². The molecule has 0 saturated heterocycles. The minimum atomic E-state index is 0.0955. The van der Waals surface area contributed by atoms with Crippen molar-refractivity contribution < 1.29 is 14.6 Å². The van der Waals surface area contributed by atoms with Crippen molar-refractivity contribution in [3.8, 4) is 5.75 Å². The summed E-state index contributed by atoms with van der Waals surface area (Å²) in [5.74, 6) is 0.294. The van der Waals surface area contributed by atoms with Crippen molar-refractivity contribution in [3.63, 3.8) is 0 Å². The zero-order valence-electron chi connectivity index (χ0n) is 11.1. The molecule has 4 nitrogen and oxygen atoms in total. The molecule has 2 rings (SSSR count). The number of ether oxygens (including phenoxy) is 2. The van der Waals surface area contributed by atoms with Gasteiger partial charge in [0, 0.05) is 19.4 Å². The number of hydrogen-bond donors (Lipinski definition) is 2. The number of phenols is 1. The molecule has 0 bridgehead atoms. The maximum Gasteiger partial charge on any atom is 0.115 e. The van der Waals surface area contributed by atoms with Crippen LogP contribution in [0, 0.1) is 6.92 Å². The van der Waals surface area contributed by atoms with Crippen molar-refractivity contribution in [2.75, 3.05) is 19.0 Å². The van der Waals surface area contributed by atoms with Gasteiger partial charge in [0.25, 0.3) is 0 Å². The number of methoxy groups -OCH3 is 1. The highest BCUT2D eigenvalue weighted by atomic mass is 16.5. The standard InChI is InChI=1S/C14H21NO3/c1-4-18-13-8-12(14(13)17-3)15-11-6-5-10(16)7-9(11)2/h5-7,12-16H,4,8H2,1-3H3. The lowest BCUT2D eigenvalue weighted by molar-refractivity contribution is -0.118. The normalized spacial score (nSPS) is 26.7. The molecule has 1 aliphatic rings. The monoisotopic (exact) mass is 251 g/mol. The van der Waals surface area contributed by atoms with E-state index in [1.807, 2.05) is 19.9 Å². The van der Waals surface area contributed by atoms with E-state index in [0.29, 0.717) is 5.75 Å². The number of phenolic OH excluding ortho intramolecular Hbond substituents is 1. The molecule has 4 heteroatoms. The Hall–Kier alpha value is -1.26. The molecular formula is C14H21NO3. The minimum absolute atomic E-state index is 0.0955. The summed E-state index contributed by atoms with van der Waals surface area (Å²) in [5.41, 5.74) is 2.07. The third-order valence-corrected chi connectivity index (χ3v) is 3.45. The Morgan fingerprint density at radius 2 is 2.22 bits per heavy atom. The van der Waals surface area contributed by atoms with Crippen molar-refractivity contribution in [2.24, 2.45) is 0 Å². The van der Waals surface area contributed by atoms with Gasteiger partial charge in [-0.25, -0.2) is 0 Å². The first-order valence-electron chi connectivity index (χ1n) is 6.36. The molecule has 0 aromatic heterocycles. The molecule has 2 N–H and O–H groups in total. The summed E-state index contributed by atoms with van der Waals surface area (Å²) in [4.78, 5) is 0. The third kappa shape index (κ3) is 2.60. The fourth-order valence-corrected chi connectivity index (χ4v) is 2.43. The highest BCUT2D eigenvalue weighted by Crippen LogP contribution is 2.31. The Labute approximate surface area is 108 Å². The molecule has 1 saturated carbocycles. The number of benzene rings is 1. The van der Waals surface area contributed by atoms with Crippen LogP contribution in [-0.4, -0.2) is 37.1 Å². The third-order valence-electron chi connectivity index (χ3n) is 3.45. The van der Waals surface area contributed by atoms with Gasteiger partial charge in [-0.15, -0.1) is 0 Å². The molecule has 1 aromatic rings. The number of nitrogens with one attached hydrogen (secondary N) is 1. The van der Waals surface area contributed by atoms with Gasteiger partial charge in [0.2, 0.25) is 0 Å². The van der Waals surface area contributed by atoms with E-state index in [9.17, 15) is 5.11 Å². The predicted molar refractivity (Wildman–Crippen MR) is 71.1 cm³/mol. The zero-order chi connectivity index (χ0) is 13.1. The van der Waals surface area contributed by atoms with Gasteiger partial charge < -0.3 is 19.9 Å². The van der Waals surface area contributed by atoms with Crippen LogP contribution in [-0.2, 0) is 9.47 Å². The van der Waals surface area contributed by atoms with Gasteiger partial charge >= 0.3 is 0 Å². The van der Waals surface area contributed by atoms with E-state index in [0.717, 1.165) is 24.3 Å². The number of hydrogen-bond acceptors (Lipinski definition) is 4. The van der Waals surface area contributed by atoms with Gasteiger partial charge in [0.1, 0.15) is 11.9 Å². The molecule has 3 unspecified atom stereocenters. The van der Waals surface area contributed by atoms with Crippen LogP contribution < -0.4 is 5.32 Å². The van der Waals surface area contributed by atoms with E-state index in [4.69, 9.17) is 9.47 Å². The number of anilines is 1. The summed E-state index contributed by atoms with van der Waals surface area (Å²) in [5, 5.41) is 12.8. The van der Waals surface area contributed by atoms with E-state index < -0.39 is 0 Å². The minimum Gasteiger partial charge on any atom is -0.508 e. The van der Waals surface area contributed by atoms with E-state index in [-0.39, 0.29) is 18.2 Å². The summed E-state index contributed by atoms with van der Waals surface area (Å²) in [6.07, 6.45) is 1.24. The molecule has 1 aliphatic carbocycles. The van der Waals surface area contributed by atoms with Crippen LogP contribution in [0.3, 0.4) is 0 Å². The molecule has 0 amide bonds. The first-order valence-corrected chi connectivity index (χ1v) is 6.36. The zero-order valence-corrected chi connectivity index (χ0v) is 11.1. The van der Waals surface area contributed by atoms with E-state index >= 15 is 0 Å². The van der Waals surface area contributed by atoms with Gasteiger partial charge in [-0.3, -0.25) is 0 Å². The predicted octanol–water partition coefficient (Wildman–Crippen LogP) is 2.30. The Balaban J connectivity index is 1.98. The van der Waals surface area contributed by atoms with Gasteiger partial charge in [-0.2, -0.15) is 0 Å². The van der Waals surface area contributed by atoms with Crippen molar-refractivity contribution in [2.45, 2.75) is 38.5 Å². The molecule has 100 valence electrons. The Morgan fingerprint density at radius 3 is 2.83 bits per heavy atom. The Kier molecular flexibility index (Phi) is 4.09. The van der Waals surface area contributed by atoms with E-state index in [1.54, 1.807) is 19.2 Å². The average Bonchev–Trinajstić information content (AvgIpc) is 2.31. The van der Waals surface area contributed by atoms with E-state index in [2.05, 4.69) is 5.32 Å². The molecule has 0 radical (unpaired) electrons. The summed E-state index contributed by atoms with van der Waals surface area (Å²) >= 11 is 0.